The van der Waals surface area contributed by atoms with Crippen molar-refractivity contribution in [2.24, 2.45) is 17.3 Å². The molecule has 0 unspecified atom stereocenters. The Kier molecular flexibility index (Phi) is 1.81. The van der Waals surface area contributed by atoms with Crippen LogP contribution in [0.1, 0.15) is 33.6 Å². The van der Waals surface area contributed by atoms with Crippen molar-refractivity contribution in [2.45, 2.75) is 50.9 Å². The summed E-state index contributed by atoms with van der Waals surface area (Å²) in [6.07, 6.45) is 4.85. The minimum atomic E-state index is -0.630. The molecule has 2 heterocycles. The van der Waals surface area contributed by atoms with Crippen LogP contribution in [0.15, 0.2) is 12.2 Å². The molecule has 2 saturated heterocycles. The molecule has 3 fully saturated rings. The summed E-state index contributed by atoms with van der Waals surface area (Å²) in [5, 5.41) is 0. The smallest absolute Gasteiger partial charge is 0.309 e. The summed E-state index contributed by atoms with van der Waals surface area (Å²) in [5.74, 6) is 0.0603. The molecule has 1 spiro atoms. The molecule has 0 N–H and O–H groups in total. The van der Waals surface area contributed by atoms with Gasteiger partial charge in [-0.15, -0.1) is 0 Å². The van der Waals surface area contributed by atoms with E-state index in [2.05, 4.69) is 0 Å². The Morgan fingerprint density at radius 2 is 2.05 bits per heavy atom. The molecule has 0 aromatic rings. The van der Waals surface area contributed by atoms with Crippen LogP contribution in [0.25, 0.3) is 0 Å². The van der Waals surface area contributed by atoms with Crippen molar-refractivity contribution in [1.29, 1.82) is 0 Å². The highest BCUT2D eigenvalue weighted by Crippen LogP contribution is 2.70. The van der Waals surface area contributed by atoms with Crippen LogP contribution in [0.4, 0.5) is 0 Å². The van der Waals surface area contributed by atoms with Crippen LogP contribution >= 0.6 is 0 Å². The molecular formula is C15H18O4. The van der Waals surface area contributed by atoms with Gasteiger partial charge in [0.25, 0.3) is 0 Å². The van der Waals surface area contributed by atoms with Gasteiger partial charge in [0, 0.05) is 5.92 Å². The van der Waals surface area contributed by atoms with Crippen molar-refractivity contribution in [3.05, 3.63) is 12.2 Å². The number of fused-ring (bicyclic) bond motifs is 1. The maximum Gasteiger partial charge on any atom is 0.309 e. The summed E-state index contributed by atoms with van der Waals surface area (Å²) in [6, 6.07) is 0. The molecule has 2 aliphatic heterocycles. The molecule has 19 heavy (non-hydrogen) atoms. The third-order valence-electron chi connectivity index (χ3n) is 6.01. The summed E-state index contributed by atoms with van der Waals surface area (Å²) < 4.78 is 11.7. The van der Waals surface area contributed by atoms with E-state index >= 15 is 0 Å². The Hall–Kier alpha value is -1.16. The van der Waals surface area contributed by atoms with Crippen LogP contribution < -0.4 is 0 Å². The number of allylic oxidation sites excluding steroid dienone is 1. The lowest BCUT2D eigenvalue weighted by atomic mass is 9.54. The number of carbonyl (C=O) groups is 2. The lowest BCUT2D eigenvalue weighted by Gasteiger charge is -2.46. The molecule has 0 amide bonds. The topological polar surface area (TPSA) is 55.9 Å². The average Bonchev–Trinajstić information content (AvgIpc) is 2.90. The number of esters is 1. The van der Waals surface area contributed by atoms with Gasteiger partial charge in [-0.05, 0) is 38.8 Å². The van der Waals surface area contributed by atoms with Gasteiger partial charge >= 0.3 is 5.97 Å². The van der Waals surface area contributed by atoms with E-state index in [0.29, 0.717) is 0 Å². The molecule has 0 aromatic heterocycles. The van der Waals surface area contributed by atoms with Crippen molar-refractivity contribution in [3.63, 3.8) is 0 Å². The highest BCUT2D eigenvalue weighted by atomic mass is 16.7. The lowest BCUT2D eigenvalue weighted by Crippen LogP contribution is -2.59. The van der Waals surface area contributed by atoms with Crippen LogP contribution in [-0.4, -0.2) is 29.1 Å². The quantitative estimate of drug-likeness (QED) is 0.492. The number of epoxide rings is 1. The van der Waals surface area contributed by atoms with E-state index in [1.807, 2.05) is 26.8 Å². The van der Waals surface area contributed by atoms with E-state index in [4.69, 9.17) is 9.47 Å². The standard InChI is InChI=1S/C15H18O4/c1-8-9-4-6-13(2)10(16)5-7-14(3)15(13,19-14)11(9)18-12(8)17/h5,7-9,11H,4,6H2,1-3H3/t8-,9-,11+,13-,14-,15+/m0/s1. The summed E-state index contributed by atoms with van der Waals surface area (Å²) >= 11 is 0. The molecule has 4 rings (SSSR count). The number of rotatable bonds is 0. The third-order valence-corrected chi connectivity index (χ3v) is 6.01. The predicted molar refractivity (Wildman–Crippen MR) is 66.2 cm³/mol. The summed E-state index contributed by atoms with van der Waals surface area (Å²) in [4.78, 5) is 24.3. The zero-order valence-electron chi connectivity index (χ0n) is 11.4. The first-order chi connectivity index (χ1) is 8.86. The normalized spacial score (nSPS) is 58.2. The van der Waals surface area contributed by atoms with Gasteiger partial charge < -0.3 is 9.47 Å². The molecule has 1 saturated carbocycles. The Balaban J connectivity index is 1.87. The third kappa shape index (κ3) is 1.00. The number of hydrogen-bond acceptors (Lipinski definition) is 4. The maximum atomic E-state index is 12.4. The highest BCUT2D eigenvalue weighted by molar-refractivity contribution is 5.99. The van der Waals surface area contributed by atoms with Crippen LogP contribution in [0, 0.1) is 17.3 Å². The summed E-state index contributed by atoms with van der Waals surface area (Å²) in [5.41, 5.74) is -1.64. The molecule has 0 aromatic carbocycles. The van der Waals surface area contributed by atoms with Crippen molar-refractivity contribution >= 4 is 11.8 Å². The first-order valence-corrected chi connectivity index (χ1v) is 7.00. The highest BCUT2D eigenvalue weighted by Gasteiger charge is 2.84. The lowest BCUT2D eigenvalue weighted by molar-refractivity contribution is -0.154. The van der Waals surface area contributed by atoms with Gasteiger partial charge in [-0.2, -0.15) is 0 Å². The second-order valence-corrected chi connectivity index (χ2v) is 6.82. The maximum absolute atomic E-state index is 12.4. The van der Waals surface area contributed by atoms with Gasteiger partial charge in [0.15, 0.2) is 11.4 Å². The van der Waals surface area contributed by atoms with Crippen molar-refractivity contribution in [1.82, 2.24) is 0 Å². The molecule has 0 radical (unpaired) electrons. The fraction of sp³-hybridized carbons (Fsp3) is 0.733. The van der Waals surface area contributed by atoms with Gasteiger partial charge in [-0.1, -0.05) is 6.92 Å². The Bertz CT molecular complexity index is 538. The zero-order valence-corrected chi connectivity index (χ0v) is 11.4. The molecule has 4 heteroatoms. The fourth-order valence-electron chi connectivity index (χ4n) is 4.69. The minimum absolute atomic E-state index is 0.0848. The number of hydrogen-bond donors (Lipinski definition) is 0. The van der Waals surface area contributed by atoms with E-state index in [-0.39, 0.29) is 29.7 Å². The van der Waals surface area contributed by atoms with Gasteiger partial charge in [0.2, 0.25) is 0 Å². The first kappa shape index (κ1) is 11.6. The number of ether oxygens (including phenoxy) is 2. The minimum Gasteiger partial charge on any atom is -0.459 e. The number of carbonyl (C=O) groups excluding carboxylic acids is 2. The van der Waals surface area contributed by atoms with E-state index in [1.54, 1.807) is 6.08 Å². The predicted octanol–water partition coefficient (Wildman–Crippen LogP) is 1.63. The monoisotopic (exact) mass is 262 g/mol. The van der Waals surface area contributed by atoms with E-state index in [9.17, 15) is 9.59 Å². The van der Waals surface area contributed by atoms with E-state index in [0.717, 1.165) is 12.8 Å². The van der Waals surface area contributed by atoms with Gasteiger partial charge in [-0.3, -0.25) is 9.59 Å². The Morgan fingerprint density at radius 3 is 2.79 bits per heavy atom. The second kappa shape index (κ2) is 2.95. The summed E-state index contributed by atoms with van der Waals surface area (Å²) in [7, 11) is 0. The van der Waals surface area contributed by atoms with E-state index in [1.165, 1.54) is 0 Å². The van der Waals surface area contributed by atoms with Crippen molar-refractivity contribution in [3.8, 4) is 0 Å². The molecule has 102 valence electrons. The van der Waals surface area contributed by atoms with Gasteiger partial charge in [0.1, 0.15) is 11.7 Å². The fourth-order valence-corrected chi connectivity index (χ4v) is 4.69. The van der Waals surface area contributed by atoms with Crippen molar-refractivity contribution in [2.75, 3.05) is 0 Å². The first-order valence-electron chi connectivity index (χ1n) is 7.00. The SMILES string of the molecule is C[C@@H]1C(=O)O[C@@H]2[C@H]1CC[C@@]1(C)C(=O)C=C[C@]3(C)O[C@]213. The van der Waals surface area contributed by atoms with Gasteiger partial charge in [0.05, 0.1) is 11.3 Å². The molecule has 6 atom stereocenters. The largest absolute Gasteiger partial charge is 0.459 e. The van der Waals surface area contributed by atoms with Crippen molar-refractivity contribution < 1.29 is 19.1 Å². The number of ketones is 1. The Labute approximate surface area is 112 Å². The molecular weight excluding hydrogens is 244 g/mol. The molecule has 2 aliphatic carbocycles. The zero-order chi connectivity index (χ0) is 13.6. The van der Waals surface area contributed by atoms with Gasteiger partial charge in [-0.25, -0.2) is 0 Å². The van der Waals surface area contributed by atoms with Crippen LogP contribution in [-0.2, 0) is 19.1 Å². The van der Waals surface area contributed by atoms with E-state index < -0.39 is 16.6 Å². The molecule has 4 aliphatic rings. The molecule has 4 nitrogen and oxygen atoms in total. The van der Waals surface area contributed by atoms with Crippen LogP contribution in [0.2, 0.25) is 0 Å². The summed E-state index contributed by atoms with van der Waals surface area (Å²) in [6.45, 7) is 5.89. The van der Waals surface area contributed by atoms with Crippen LogP contribution in [0.5, 0.6) is 0 Å². The molecule has 0 bridgehead atoms. The van der Waals surface area contributed by atoms with Crippen LogP contribution in [0.3, 0.4) is 0 Å². The average molecular weight is 262 g/mol. The second-order valence-electron chi connectivity index (χ2n) is 6.82. The Morgan fingerprint density at radius 1 is 1.32 bits per heavy atom.